The molecule has 3 heteroatoms. The summed E-state index contributed by atoms with van der Waals surface area (Å²) in [6, 6.07) is 8.57. The molecule has 0 bridgehead atoms. The number of hydrogen-bond acceptors (Lipinski definition) is 3. The maximum absolute atomic E-state index is 8.90. The van der Waals surface area contributed by atoms with Crippen molar-refractivity contribution in [2.24, 2.45) is 0 Å². The molecule has 0 heterocycles. The molecule has 0 aromatic heterocycles. The second kappa shape index (κ2) is 7.16. The highest BCUT2D eigenvalue weighted by Crippen LogP contribution is 2.24. The van der Waals surface area contributed by atoms with E-state index in [1.165, 1.54) is 11.1 Å². The number of ether oxygens (including phenoxy) is 1. The Morgan fingerprint density at radius 3 is 2.53 bits per heavy atom. The highest BCUT2D eigenvalue weighted by atomic mass is 16.5. The van der Waals surface area contributed by atoms with Gasteiger partial charge in [-0.1, -0.05) is 26.0 Å². The highest BCUT2D eigenvalue weighted by molar-refractivity contribution is 5.38. The average Bonchev–Trinajstić information content (AvgIpc) is 2.43. The fourth-order valence-electron chi connectivity index (χ4n) is 1.94. The van der Waals surface area contributed by atoms with Crippen LogP contribution in [-0.2, 0) is 6.42 Å². The minimum absolute atomic E-state index is 0.0562. The first kappa shape index (κ1) is 15.5. The first-order valence-corrected chi connectivity index (χ1v) is 6.76. The normalized spacial score (nSPS) is 12.5. The summed E-state index contributed by atoms with van der Waals surface area (Å²) in [6.07, 6.45) is 0.895. The quantitative estimate of drug-likeness (QED) is 0.788. The SMILES string of the molecule is COc1ccc(C(C)C)cc1CCN(C)C(C)C#N. The summed E-state index contributed by atoms with van der Waals surface area (Å²) in [6.45, 7) is 7.15. The van der Waals surface area contributed by atoms with E-state index in [-0.39, 0.29) is 6.04 Å². The van der Waals surface area contributed by atoms with E-state index in [0.717, 1.165) is 18.7 Å². The van der Waals surface area contributed by atoms with E-state index < -0.39 is 0 Å². The number of nitrogens with zero attached hydrogens (tertiary/aromatic N) is 2. The Bertz CT molecular complexity index is 449. The van der Waals surface area contributed by atoms with Gasteiger partial charge in [0.1, 0.15) is 5.75 Å². The molecule has 3 nitrogen and oxygen atoms in total. The van der Waals surface area contributed by atoms with Crippen LogP contribution < -0.4 is 4.74 Å². The van der Waals surface area contributed by atoms with Gasteiger partial charge in [-0.2, -0.15) is 5.26 Å². The molecule has 0 radical (unpaired) electrons. The Hall–Kier alpha value is -1.53. The topological polar surface area (TPSA) is 36.3 Å². The van der Waals surface area contributed by atoms with Crippen molar-refractivity contribution in [2.75, 3.05) is 20.7 Å². The van der Waals surface area contributed by atoms with Gasteiger partial charge in [0.15, 0.2) is 0 Å². The van der Waals surface area contributed by atoms with Gasteiger partial charge in [-0.05, 0) is 43.5 Å². The number of rotatable bonds is 6. The van der Waals surface area contributed by atoms with Crippen LogP contribution in [0.1, 0.15) is 37.8 Å². The van der Waals surface area contributed by atoms with Crippen molar-refractivity contribution in [1.29, 1.82) is 5.26 Å². The van der Waals surface area contributed by atoms with Crippen LogP contribution in [0.2, 0.25) is 0 Å². The lowest BCUT2D eigenvalue weighted by atomic mass is 9.99. The highest BCUT2D eigenvalue weighted by Gasteiger charge is 2.11. The van der Waals surface area contributed by atoms with Crippen molar-refractivity contribution in [3.8, 4) is 11.8 Å². The maximum atomic E-state index is 8.90. The van der Waals surface area contributed by atoms with Gasteiger partial charge in [0.05, 0.1) is 19.2 Å². The van der Waals surface area contributed by atoms with Crippen molar-refractivity contribution in [1.82, 2.24) is 4.90 Å². The van der Waals surface area contributed by atoms with E-state index in [0.29, 0.717) is 5.92 Å². The first-order valence-electron chi connectivity index (χ1n) is 6.76. The summed E-state index contributed by atoms with van der Waals surface area (Å²) in [4.78, 5) is 2.06. The zero-order valence-corrected chi connectivity index (χ0v) is 12.6. The number of nitriles is 1. The van der Waals surface area contributed by atoms with Gasteiger partial charge in [0.25, 0.3) is 0 Å². The van der Waals surface area contributed by atoms with Gasteiger partial charge in [-0.25, -0.2) is 0 Å². The van der Waals surface area contributed by atoms with Crippen LogP contribution in [0.15, 0.2) is 18.2 Å². The molecular formula is C16H24N2O. The molecule has 0 amide bonds. The number of hydrogen-bond donors (Lipinski definition) is 0. The first-order chi connectivity index (χ1) is 8.99. The van der Waals surface area contributed by atoms with Crippen LogP contribution in [0.25, 0.3) is 0 Å². The molecule has 0 aliphatic heterocycles. The van der Waals surface area contributed by atoms with E-state index in [9.17, 15) is 0 Å². The summed E-state index contributed by atoms with van der Waals surface area (Å²) in [5.74, 6) is 1.45. The third kappa shape index (κ3) is 4.25. The third-order valence-electron chi connectivity index (χ3n) is 3.55. The smallest absolute Gasteiger partial charge is 0.122 e. The van der Waals surface area contributed by atoms with Crippen molar-refractivity contribution in [2.45, 2.75) is 39.2 Å². The van der Waals surface area contributed by atoms with E-state index >= 15 is 0 Å². The van der Waals surface area contributed by atoms with Gasteiger partial charge in [-0.3, -0.25) is 4.90 Å². The minimum Gasteiger partial charge on any atom is -0.496 e. The van der Waals surface area contributed by atoms with E-state index in [1.54, 1.807) is 7.11 Å². The Kier molecular flexibility index (Phi) is 5.85. The van der Waals surface area contributed by atoms with Crippen LogP contribution in [-0.4, -0.2) is 31.6 Å². The minimum atomic E-state index is -0.0562. The molecule has 1 unspecified atom stereocenters. The standard InChI is InChI=1S/C16H24N2O/c1-12(2)14-6-7-16(19-5)15(10-14)8-9-18(4)13(3)11-17/h6-7,10,12-13H,8-9H2,1-5H3. The molecular weight excluding hydrogens is 236 g/mol. The number of benzene rings is 1. The van der Waals surface area contributed by atoms with Gasteiger partial charge >= 0.3 is 0 Å². The van der Waals surface area contributed by atoms with Crippen LogP contribution in [0.4, 0.5) is 0 Å². The molecule has 1 aromatic rings. The fraction of sp³-hybridized carbons (Fsp3) is 0.562. The molecule has 0 fully saturated rings. The van der Waals surface area contributed by atoms with Crippen LogP contribution >= 0.6 is 0 Å². The molecule has 0 aliphatic carbocycles. The number of methoxy groups -OCH3 is 1. The second-order valence-corrected chi connectivity index (χ2v) is 5.26. The van der Waals surface area contributed by atoms with Gasteiger partial charge < -0.3 is 4.74 Å². The average molecular weight is 260 g/mol. The summed E-state index contributed by atoms with van der Waals surface area (Å²) < 4.78 is 5.42. The van der Waals surface area contributed by atoms with Gasteiger partial charge in [0, 0.05) is 6.54 Å². The molecule has 19 heavy (non-hydrogen) atoms. The largest absolute Gasteiger partial charge is 0.496 e. The van der Waals surface area contributed by atoms with E-state index in [4.69, 9.17) is 10.00 Å². The predicted molar refractivity (Wildman–Crippen MR) is 78.5 cm³/mol. The lowest BCUT2D eigenvalue weighted by Gasteiger charge is -2.20. The lowest BCUT2D eigenvalue weighted by Crippen LogP contribution is -2.29. The molecule has 1 atom stereocenters. The predicted octanol–water partition coefficient (Wildman–Crippen LogP) is 3.20. The second-order valence-electron chi connectivity index (χ2n) is 5.26. The Morgan fingerprint density at radius 2 is 2.00 bits per heavy atom. The molecule has 1 aromatic carbocycles. The van der Waals surface area contributed by atoms with Gasteiger partial charge in [-0.15, -0.1) is 0 Å². The van der Waals surface area contributed by atoms with Crippen molar-refractivity contribution >= 4 is 0 Å². The van der Waals surface area contributed by atoms with Crippen LogP contribution in [0.3, 0.4) is 0 Å². The Balaban J connectivity index is 2.81. The summed E-state index contributed by atoms with van der Waals surface area (Å²) in [5, 5.41) is 8.90. The third-order valence-corrected chi connectivity index (χ3v) is 3.55. The zero-order chi connectivity index (χ0) is 14.4. The summed E-state index contributed by atoms with van der Waals surface area (Å²) in [5.41, 5.74) is 2.54. The van der Waals surface area contributed by atoms with Gasteiger partial charge in [0.2, 0.25) is 0 Å². The van der Waals surface area contributed by atoms with E-state index in [2.05, 4.69) is 36.9 Å². The molecule has 0 spiro atoms. The van der Waals surface area contributed by atoms with Crippen molar-refractivity contribution in [3.63, 3.8) is 0 Å². The van der Waals surface area contributed by atoms with Crippen LogP contribution in [0, 0.1) is 11.3 Å². The Morgan fingerprint density at radius 1 is 1.32 bits per heavy atom. The maximum Gasteiger partial charge on any atom is 0.122 e. The molecule has 104 valence electrons. The monoisotopic (exact) mass is 260 g/mol. The number of likely N-dealkylation sites (N-methyl/N-ethyl adjacent to an activating group) is 1. The summed E-state index contributed by atoms with van der Waals surface area (Å²) >= 11 is 0. The fourth-order valence-corrected chi connectivity index (χ4v) is 1.94. The summed E-state index contributed by atoms with van der Waals surface area (Å²) in [7, 11) is 3.68. The Labute approximate surface area is 116 Å². The van der Waals surface area contributed by atoms with Crippen molar-refractivity contribution in [3.05, 3.63) is 29.3 Å². The zero-order valence-electron chi connectivity index (χ0n) is 12.6. The molecule has 1 rings (SSSR count). The molecule has 0 N–H and O–H groups in total. The van der Waals surface area contributed by atoms with Crippen molar-refractivity contribution < 1.29 is 4.74 Å². The lowest BCUT2D eigenvalue weighted by molar-refractivity contribution is 0.304. The van der Waals surface area contributed by atoms with Crippen LogP contribution in [0.5, 0.6) is 5.75 Å². The van der Waals surface area contributed by atoms with E-state index in [1.807, 2.05) is 20.0 Å². The molecule has 0 saturated carbocycles. The molecule has 0 aliphatic rings. The molecule has 0 saturated heterocycles.